The summed E-state index contributed by atoms with van der Waals surface area (Å²) in [6, 6.07) is 31.7. The van der Waals surface area contributed by atoms with Crippen molar-refractivity contribution in [3.8, 4) is 0 Å². The molecule has 3 heteroatoms. The number of nitrogens with zero attached hydrogens (tertiary/aromatic N) is 1. The van der Waals surface area contributed by atoms with Gasteiger partial charge < -0.3 is 4.74 Å². The minimum absolute atomic E-state index is 0.421. The van der Waals surface area contributed by atoms with E-state index in [2.05, 4.69) is 83.8 Å². The van der Waals surface area contributed by atoms with Crippen molar-refractivity contribution in [2.24, 2.45) is 0 Å². The predicted octanol–water partition coefficient (Wildman–Crippen LogP) is 5.36. The number of hydrogen-bond acceptors (Lipinski definition) is 2. The highest BCUT2D eigenvalue weighted by atomic mass is 31.1. The highest BCUT2D eigenvalue weighted by Crippen LogP contribution is 2.32. The number of aromatic nitrogens is 1. The van der Waals surface area contributed by atoms with Crippen molar-refractivity contribution in [2.75, 3.05) is 12.8 Å². The van der Waals surface area contributed by atoms with Gasteiger partial charge in [0, 0.05) is 23.3 Å². The van der Waals surface area contributed by atoms with Gasteiger partial charge in [-0.25, -0.2) is 0 Å². The van der Waals surface area contributed by atoms with Crippen molar-refractivity contribution in [2.45, 2.75) is 0 Å². The van der Waals surface area contributed by atoms with E-state index in [1.807, 2.05) is 24.4 Å². The zero-order valence-electron chi connectivity index (χ0n) is 15.6. The van der Waals surface area contributed by atoms with E-state index in [1.54, 1.807) is 6.26 Å². The van der Waals surface area contributed by atoms with E-state index < -0.39 is 7.92 Å². The number of fused-ring (bicyclic) bond motifs is 1. The summed E-state index contributed by atoms with van der Waals surface area (Å²) in [6.45, 7) is 0.685. The highest BCUT2D eigenvalue weighted by Gasteiger charge is 2.12. The first-order valence-corrected chi connectivity index (χ1v) is 10.9. The molecule has 2 nitrogen and oxygen atoms in total. The topological polar surface area (TPSA) is 22.1 Å². The number of para-hydroxylation sites is 1. The lowest BCUT2D eigenvalue weighted by atomic mass is 10.1. The van der Waals surface area contributed by atoms with Crippen LogP contribution < -0.4 is 10.6 Å². The molecule has 0 N–H and O–H groups in total. The molecule has 0 saturated heterocycles. The first-order chi connectivity index (χ1) is 13.9. The second-order valence-electron chi connectivity index (χ2n) is 6.42. The summed E-state index contributed by atoms with van der Waals surface area (Å²) in [5.41, 5.74) is 2.08. The Bertz CT molecular complexity index is 1000. The highest BCUT2D eigenvalue weighted by molar-refractivity contribution is 7.73. The number of ether oxygens (including phenoxy) is 1. The van der Waals surface area contributed by atoms with E-state index in [0.29, 0.717) is 6.61 Å². The van der Waals surface area contributed by atoms with Crippen LogP contribution in [-0.2, 0) is 4.74 Å². The van der Waals surface area contributed by atoms with Gasteiger partial charge in [0.2, 0.25) is 0 Å². The maximum absolute atomic E-state index is 5.87. The van der Waals surface area contributed by atoms with Crippen molar-refractivity contribution in [1.82, 2.24) is 4.98 Å². The Morgan fingerprint density at radius 3 is 2.14 bits per heavy atom. The van der Waals surface area contributed by atoms with Crippen molar-refractivity contribution in [3.05, 3.63) is 109 Å². The third-order valence-corrected chi connectivity index (χ3v) is 7.05. The first-order valence-electron chi connectivity index (χ1n) is 9.41. The van der Waals surface area contributed by atoms with Crippen molar-refractivity contribution in [3.63, 3.8) is 0 Å². The number of benzene rings is 3. The van der Waals surface area contributed by atoms with Gasteiger partial charge in [0.1, 0.15) is 0 Å². The van der Waals surface area contributed by atoms with Crippen molar-refractivity contribution >= 4 is 35.5 Å². The smallest absolute Gasteiger partial charge is 0.0918 e. The molecule has 0 saturated carbocycles. The Hall–Kier alpha value is -2.96. The molecule has 28 heavy (non-hydrogen) atoms. The summed E-state index contributed by atoms with van der Waals surface area (Å²) >= 11 is 0. The molecule has 1 aromatic heterocycles. The fourth-order valence-corrected chi connectivity index (χ4v) is 5.39. The minimum atomic E-state index is -0.421. The van der Waals surface area contributed by atoms with E-state index in [9.17, 15) is 0 Å². The summed E-state index contributed by atoms with van der Waals surface area (Å²) in [6.07, 6.45) is 6.62. The van der Waals surface area contributed by atoms with Crippen LogP contribution in [-0.4, -0.2) is 17.8 Å². The molecular weight excluding hydrogens is 361 g/mol. The summed E-state index contributed by atoms with van der Waals surface area (Å²) in [4.78, 5) is 4.48. The van der Waals surface area contributed by atoms with Crippen LogP contribution in [0.25, 0.3) is 17.0 Å². The van der Waals surface area contributed by atoms with E-state index >= 15 is 0 Å². The normalized spacial score (nSPS) is 11.3. The van der Waals surface area contributed by atoms with Crippen LogP contribution in [0.15, 0.2) is 103 Å². The zero-order chi connectivity index (χ0) is 19.0. The SMILES string of the molecule is C(=C\c1cccc2cccnc12)/OCCP(c1ccccc1)c1ccccc1. The Morgan fingerprint density at radius 2 is 1.43 bits per heavy atom. The molecule has 0 atom stereocenters. The molecule has 0 amide bonds. The largest absolute Gasteiger partial charge is 0.501 e. The van der Waals surface area contributed by atoms with Gasteiger partial charge in [-0.15, -0.1) is 0 Å². The van der Waals surface area contributed by atoms with Gasteiger partial charge in [-0.05, 0) is 30.7 Å². The summed E-state index contributed by atoms with van der Waals surface area (Å²) in [5.74, 6) is 0. The Kier molecular flexibility index (Phi) is 6.11. The maximum atomic E-state index is 5.87. The van der Waals surface area contributed by atoms with Gasteiger partial charge in [0.05, 0.1) is 18.4 Å². The molecule has 4 rings (SSSR count). The van der Waals surface area contributed by atoms with E-state index in [-0.39, 0.29) is 0 Å². The van der Waals surface area contributed by atoms with Crippen LogP contribution in [0, 0.1) is 0 Å². The lowest BCUT2D eigenvalue weighted by Gasteiger charge is -2.18. The van der Waals surface area contributed by atoms with Crippen molar-refractivity contribution < 1.29 is 4.74 Å². The second-order valence-corrected chi connectivity index (χ2v) is 8.75. The molecule has 0 unspecified atom stereocenters. The van der Waals surface area contributed by atoms with Crippen molar-refractivity contribution in [1.29, 1.82) is 0 Å². The van der Waals surface area contributed by atoms with Crippen LogP contribution in [0.1, 0.15) is 5.56 Å². The lowest BCUT2D eigenvalue weighted by Crippen LogP contribution is -2.15. The Balaban J connectivity index is 1.43. The third-order valence-electron chi connectivity index (χ3n) is 4.58. The average Bonchev–Trinajstić information content (AvgIpc) is 2.77. The number of rotatable bonds is 7. The molecular formula is C25H22NOP. The standard InChI is InChI=1S/C25H22NOP/c1-3-12-23(13-4-1)28(24-14-5-2-6-15-24)20-19-27-18-16-22-10-7-9-21-11-8-17-26-25(21)22/h1-18H,19-20H2/b18-16+. The number of pyridine rings is 1. The monoisotopic (exact) mass is 383 g/mol. The molecule has 3 aromatic carbocycles. The van der Waals surface area contributed by atoms with Crippen LogP contribution in [0.2, 0.25) is 0 Å². The molecule has 0 bridgehead atoms. The van der Waals surface area contributed by atoms with Gasteiger partial charge in [-0.2, -0.15) is 0 Å². The molecule has 0 aliphatic heterocycles. The molecule has 0 spiro atoms. The molecule has 138 valence electrons. The second kappa shape index (κ2) is 9.30. The van der Waals surface area contributed by atoms with Crippen LogP contribution in [0.5, 0.6) is 0 Å². The first kappa shape index (κ1) is 18.4. The van der Waals surface area contributed by atoms with Gasteiger partial charge >= 0.3 is 0 Å². The summed E-state index contributed by atoms with van der Waals surface area (Å²) in [5, 5.41) is 3.91. The van der Waals surface area contributed by atoms with Crippen LogP contribution in [0.3, 0.4) is 0 Å². The zero-order valence-corrected chi connectivity index (χ0v) is 16.5. The fraction of sp³-hybridized carbons (Fsp3) is 0.0800. The lowest BCUT2D eigenvalue weighted by molar-refractivity contribution is 0.275. The van der Waals surface area contributed by atoms with E-state index in [0.717, 1.165) is 22.6 Å². The van der Waals surface area contributed by atoms with Gasteiger partial charge in [-0.1, -0.05) is 84.9 Å². The fourth-order valence-electron chi connectivity index (χ4n) is 3.22. The maximum Gasteiger partial charge on any atom is 0.0918 e. The molecule has 0 aliphatic rings. The summed E-state index contributed by atoms with van der Waals surface area (Å²) < 4.78 is 5.87. The Labute approximate surface area is 167 Å². The summed E-state index contributed by atoms with van der Waals surface area (Å²) in [7, 11) is -0.421. The molecule has 4 aromatic rings. The van der Waals surface area contributed by atoms with Crippen LogP contribution >= 0.6 is 7.92 Å². The average molecular weight is 383 g/mol. The molecule has 0 fully saturated rings. The van der Waals surface area contributed by atoms with Gasteiger partial charge in [-0.3, -0.25) is 4.98 Å². The minimum Gasteiger partial charge on any atom is -0.501 e. The predicted molar refractivity (Wildman–Crippen MR) is 121 cm³/mol. The number of hydrogen-bond donors (Lipinski definition) is 0. The van der Waals surface area contributed by atoms with Crippen LogP contribution in [0.4, 0.5) is 0 Å². The van der Waals surface area contributed by atoms with Gasteiger partial charge in [0.15, 0.2) is 0 Å². The molecule has 0 radical (unpaired) electrons. The van der Waals surface area contributed by atoms with E-state index in [4.69, 9.17) is 4.74 Å². The third kappa shape index (κ3) is 4.47. The Morgan fingerprint density at radius 1 is 0.750 bits per heavy atom. The van der Waals surface area contributed by atoms with Gasteiger partial charge in [0.25, 0.3) is 0 Å². The van der Waals surface area contributed by atoms with E-state index in [1.165, 1.54) is 10.6 Å². The molecule has 1 heterocycles. The molecule has 0 aliphatic carbocycles. The quantitative estimate of drug-likeness (QED) is 0.244.